The molecule has 0 fully saturated rings. The van der Waals surface area contributed by atoms with Crippen LogP contribution in [0.2, 0.25) is 0 Å². The maximum Gasteiger partial charge on any atom is 0.456 e. The SMILES string of the molecule is O=C(C(F)(F)F)C(F)(F)CCF. The first-order valence-corrected chi connectivity index (χ1v) is 2.77. The van der Waals surface area contributed by atoms with Gasteiger partial charge in [0.15, 0.2) is 0 Å². The zero-order chi connectivity index (χ0) is 9.99. The number of carbonyl (C=O) groups excluding carboxylic acids is 1. The molecule has 7 heteroatoms. The van der Waals surface area contributed by atoms with Gasteiger partial charge >= 0.3 is 17.9 Å². The van der Waals surface area contributed by atoms with Crippen molar-refractivity contribution in [2.75, 3.05) is 6.67 Å². The van der Waals surface area contributed by atoms with Crippen LogP contribution in [0.4, 0.5) is 26.3 Å². The van der Waals surface area contributed by atoms with E-state index in [1.165, 1.54) is 0 Å². The summed E-state index contributed by atoms with van der Waals surface area (Å²) < 4.78 is 69.2. The van der Waals surface area contributed by atoms with Crippen LogP contribution in [0, 0.1) is 0 Å². The molecule has 0 saturated carbocycles. The zero-order valence-corrected chi connectivity index (χ0v) is 5.59. The Hall–Kier alpha value is -0.750. The van der Waals surface area contributed by atoms with E-state index < -0.39 is 31.0 Å². The van der Waals surface area contributed by atoms with Crippen LogP contribution < -0.4 is 0 Å². The van der Waals surface area contributed by atoms with Crippen molar-refractivity contribution in [2.24, 2.45) is 0 Å². The summed E-state index contributed by atoms with van der Waals surface area (Å²) in [6.07, 6.45) is -7.34. The molecule has 1 nitrogen and oxygen atoms in total. The lowest BCUT2D eigenvalue weighted by Gasteiger charge is -2.14. The minimum atomic E-state index is -5.61. The normalized spacial score (nSPS) is 13.2. The first-order valence-electron chi connectivity index (χ1n) is 2.77. The smallest absolute Gasteiger partial charge is 0.283 e. The number of Topliss-reactive ketones (excluding diaryl/α,β-unsaturated/α-hetero) is 1. The highest BCUT2D eigenvalue weighted by molar-refractivity contribution is 5.90. The lowest BCUT2D eigenvalue weighted by molar-refractivity contribution is -0.196. The van der Waals surface area contributed by atoms with Gasteiger partial charge in [0.2, 0.25) is 0 Å². The topological polar surface area (TPSA) is 17.1 Å². The standard InChI is InChI=1S/C5H4F6O/c6-2-1-4(7,8)3(12)5(9,10)11/h1-2H2. The highest BCUT2D eigenvalue weighted by Gasteiger charge is 2.54. The number of hydrogen-bond acceptors (Lipinski definition) is 1. The second-order valence-corrected chi connectivity index (χ2v) is 1.97. The Morgan fingerprint density at radius 1 is 1.08 bits per heavy atom. The second kappa shape index (κ2) is 3.32. The Bertz CT molecular complexity index is 171. The molecule has 0 heterocycles. The van der Waals surface area contributed by atoms with Crippen LogP contribution in [0.25, 0.3) is 0 Å². The van der Waals surface area contributed by atoms with E-state index in [-0.39, 0.29) is 0 Å². The fourth-order valence-electron chi connectivity index (χ4n) is 0.440. The molecule has 0 saturated heterocycles. The summed E-state index contributed by atoms with van der Waals surface area (Å²) in [5, 5.41) is 0. The third kappa shape index (κ3) is 2.71. The van der Waals surface area contributed by atoms with Gasteiger partial charge in [-0.2, -0.15) is 22.0 Å². The van der Waals surface area contributed by atoms with Crippen molar-refractivity contribution in [3.63, 3.8) is 0 Å². The van der Waals surface area contributed by atoms with Gasteiger partial charge in [0.05, 0.1) is 6.67 Å². The molecule has 0 aromatic rings. The Labute approximate surface area is 63.4 Å². The lowest BCUT2D eigenvalue weighted by Crippen LogP contribution is -2.40. The van der Waals surface area contributed by atoms with Crippen LogP contribution in [-0.2, 0) is 4.79 Å². The summed E-state index contributed by atoms with van der Waals surface area (Å²) in [5.41, 5.74) is 0. The molecule has 0 N–H and O–H groups in total. The van der Waals surface area contributed by atoms with Crippen molar-refractivity contribution in [1.29, 1.82) is 0 Å². The number of halogens is 6. The van der Waals surface area contributed by atoms with E-state index in [4.69, 9.17) is 0 Å². The number of carbonyl (C=O) groups is 1. The van der Waals surface area contributed by atoms with Crippen LogP contribution in [0.1, 0.15) is 6.42 Å². The van der Waals surface area contributed by atoms with Gasteiger partial charge in [-0.15, -0.1) is 0 Å². The number of alkyl halides is 6. The Balaban J connectivity index is 4.46. The summed E-state index contributed by atoms with van der Waals surface area (Å²) >= 11 is 0. The van der Waals surface area contributed by atoms with Crippen molar-refractivity contribution in [1.82, 2.24) is 0 Å². The fourth-order valence-corrected chi connectivity index (χ4v) is 0.440. The van der Waals surface area contributed by atoms with E-state index in [9.17, 15) is 31.1 Å². The first-order chi connectivity index (χ1) is 5.22. The molecule has 0 aromatic carbocycles. The maximum atomic E-state index is 12.0. The summed E-state index contributed by atoms with van der Waals surface area (Å²) in [6.45, 7) is -1.67. The van der Waals surface area contributed by atoms with Crippen molar-refractivity contribution in [3.05, 3.63) is 0 Å². The second-order valence-electron chi connectivity index (χ2n) is 1.97. The average molecular weight is 194 g/mol. The first kappa shape index (κ1) is 11.2. The molecular weight excluding hydrogens is 190 g/mol. The van der Waals surface area contributed by atoms with Gasteiger partial charge in [0.1, 0.15) is 0 Å². The molecule has 0 aromatic heterocycles. The van der Waals surface area contributed by atoms with Crippen molar-refractivity contribution < 1.29 is 31.1 Å². The van der Waals surface area contributed by atoms with E-state index >= 15 is 0 Å². The molecule has 12 heavy (non-hydrogen) atoms. The minimum Gasteiger partial charge on any atom is -0.283 e. The van der Waals surface area contributed by atoms with Crippen molar-refractivity contribution >= 4 is 5.78 Å². The number of ketones is 1. The molecule has 0 rings (SSSR count). The van der Waals surface area contributed by atoms with Gasteiger partial charge < -0.3 is 0 Å². The molecule has 0 bridgehead atoms. The molecule has 0 aliphatic heterocycles. The molecule has 0 aliphatic carbocycles. The molecule has 0 amide bonds. The maximum absolute atomic E-state index is 12.0. The van der Waals surface area contributed by atoms with Gasteiger partial charge in [-0.05, 0) is 0 Å². The van der Waals surface area contributed by atoms with Crippen molar-refractivity contribution in [3.8, 4) is 0 Å². The molecule has 0 spiro atoms. The number of rotatable bonds is 3. The highest BCUT2D eigenvalue weighted by Crippen LogP contribution is 2.29. The molecule has 0 unspecified atom stereocenters. The molecule has 72 valence electrons. The van der Waals surface area contributed by atoms with Crippen molar-refractivity contribution in [2.45, 2.75) is 18.5 Å². The quantitative estimate of drug-likeness (QED) is 0.629. The van der Waals surface area contributed by atoms with E-state index in [2.05, 4.69) is 0 Å². The zero-order valence-electron chi connectivity index (χ0n) is 5.59. The largest absolute Gasteiger partial charge is 0.456 e. The summed E-state index contributed by atoms with van der Waals surface area (Å²) in [4.78, 5) is 9.83. The monoisotopic (exact) mass is 194 g/mol. The van der Waals surface area contributed by atoms with E-state index in [1.54, 1.807) is 0 Å². The third-order valence-corrected chi connectivity index (χ3v) is 0.998. The Kier molecular flexibility index (Phi) is 3.11. The molecule has 0 radical (unpaired) electrons. The van der Waals surface area contributed by atoms with Gasteiger partial charge in [0, 0.05) is 6.42 Å². The predicted molar refractivity (Wildman–Crippen MR) is 26.6 cm³/mol. The highest BCUT2D eigenvalue weighted by atomic mass is 19.4. The molecular formula is C5H4F6O. The van der Waals surface area contributed by atoms with E-state index in [1.807, 2.05) is 0 Å². The number of hydrogen-bond donors (Lipinski definition) is 0. The van der Waals surface area contributed by atoms with Gasteiger partial charge in [-0.25, -0.2) is 0 Å². The predicted octanol–water partition coefficient (Wildman–Crippen LogP) is 2.11. The van der Waals surface area contributed by atoms with Crippen LogP contribution in [0.15, 0.2) is 0 Å². The Morgan fingerprint density at radius 3 is 1.75 bits per heavy atom. The van der Waals surface area contributed by atoms with Crippen LogP contribution in [0.3, 0.4) is 0 Å². The van der Waals surface area contributed by atoms with Crippen LogP contribution >= 0.6 is 0 Å². The summed E-state index contributed by atoms with van der Waals surface area (Å²) in [7, 11) is 0. The van der Waals surface area contributed by atoms with E-state index in [0.717, 1.165) is 0 Å². The van der Waals surface area contributed by atoms with Gasteiger partial charge in [0.25, 0.3) is 0 Å². The third-order valence-electron chi connectivity index (χ3n) is 0.998. The minimum absolute atomic E-state index is 1.67. The van der Waals surface area contributed by atoms with E-state index in [0.29, 0.717) is 0 Å². The van der Waals surface area contributed by atoms with Crippen LogP contribution in [0.5, 0.6) is 0 Å². The van der Waals surface area contributed by atoms with Crippen LogP contribution in [-0.4, -0.2) is 24.6 Å². The fraction of sp³-hybridized carbons (Fsp3) is 0.800. The average Bonchev–Trinajstić information content (AvgIpc) is 1.84. The molecule has 0 aliphatic rings. The Morgan fingerprint density at radius 2 is 1.50 bits per heavy atom. The lowest BCUT2D eigenvalue weighted by atomic mass is 10.1. The van der Waals surface area contributed by atoms with Gasteiger partial charge in [-0.1, -0.05) is 0 Å². The molecule has 0 atom stereocenters. The van der Waals surface area contributed by atoms with Gasteiger partial charge in [-0.3, -0.25) is 9.18 Å². The summed E-state index contributed by atoms with van der Waals surface area (Å²) in [6, 6.07) is 0. The summed E-state index contributed by atoms with van der Waals surface area (Å²) in [5.74, 6) is -7.85.